The van der Waals surface area contributed by atoms with Crippen LogP contribution in [0.2, 0.25) is 0 Å². The molecule has 16 heavy (non-hydrogen) atoms. The van der Waals surface area contributed by atoms with E-state index < -0.39 is 10.0 Å². The Balaban J connectivity index is 2.26. The molecule has 0 atom stereocenters. The summed E-state index contributed by atoms with van der Waals surface area (Å²) in [5.74, 6) is -0.0251. The smallest absolute Gasteiger partial charge is 0.210 e. The maximum Gasteiger partial charge on any atom is 0.210 e. The van der Waals surface area contributed by atoms with E-state index in [1.807, 2.05) is 12.3 Å². The molecule has 1 aromatic rings. The highest BCUT2D eigenvalue weighted by atomic mass is 32.2. The second kappa shape index (κ2) is 6.03. The van der Waals surface area contributed by atoms with Gasteiger partial charge in [0.1, 0.15) is 0 Å². The van der Waals surface area contributed by atoms with E-state index in [-0.39, 0.29) is 5.75 Å². The van der Waals surface area contributed by atoms with Gasteiger partial charge in [0.15, 0.2) is 0 Å². The van der Waals surface area contributed by atoms with Crippen molar-refractivity contribution in [2.45, 2.75) is 26.4 Å². The topological polar surface area (TPSA) is 77.1 Å². The molecule has 0 saturated carbocycles. The molecule has 0 aliphatic rings. The molecule has 0 fully saturated rings. The van der Waals surface area contributed by atoms with Gasteiger partial charge in [-0.2, -0.15) is 0 Å². The van der Waals surface area contributed by atoms with Gasteiger partial charge in [0, 0.05) is 32.0 Å². The minimum absolute atomic E-state index is 0.0251. The average Bonchev–Trinajstić information content (AvgIpc) is 2.60. The lowest BCUT2D eigenvalue weighted by Crippen LogP contribution is -2.26. The number of nitrogens with one attached hydrogen (secondary N) is 1. The molecule has 0 spiro atoms. The second-order valence-electron chi connectivity index (χ2n) is 3.80. The first-order valence-electron chi connectivity index (χ1n) is 5.37. The normalized spacial score (nSPS) is 11.9. The van der Waals surface area contributed by atoms with E-state index in [1.54, 1.807) is 0 Å². The molecule has 3 N–H and O–H groups in total. The number of hydrogen-bond donors (Lipinski definition) is 2. The molecular formula is C10H19N3O2S. The lowest BCUT2D eigenvalue weighted by molar-refractivity contribution is 0.592. The highest BCUT2D eigenvalue weighted by Crippen LogP contribution is 2.01. The lowest BCUT2D eigenvalue weighted by atomic mass is 10.3. The van der Waals surface area contributed by atoms with E-state index in [4.69, 9.17) is 5.14 Å². The minimum Gasteiger partial charge on any atom is -0.354 e. The van der Waals surface area contributed by atoms with Crippen molar-refractivity contribution >= 4 is 10.0 Å². The van der Waals surface area contributed by atoms with Crippen molar-refractivity contribution in [3.63, 3.8) is 0 Å². The number of nitrogens with zero attached hydrogens (tertiary/aromatic N) is 1. The van der Waals surface area contributed by atoms with E-state index in [9.17, 15) is 8.42 Å². The summed E-state index contributed by atoms with van der Waals surface area (Å²) in [6, 6.07) is 2.03. The van der Waals surface area contributed by atoms with Gasteiger partial charge in [-0.3, -0.25) is 0 Å². The predicted molar refractivity (Wildman–Crippen MR) is 64.4 cm³/mol. The van der Waals surface area contributed by atoms with Gasteiger partial charge >= 0.3 is 0 Å². The van der Waals surface area contributed by atoms with Crippen LogP contribution in [0.5, 0.6) is 0 Å². The summed E-state index contributed by atoms with van der Waals surface area (Å²) in [7, 11) is -3.35. The van der Waals surface area contributed by atoms with Crippen LogP contribution < -0.4 is 10.5 Å². The molecule has 0 aromatic carbocycles. The predicted octanol–water partition coefficient (Wildman–Crippen LogP) is 0.276. The molecule has 0 aliphatic heterocycles. The molecule has 1 heterocycles. The maximum absolute atomic E-state index is 10.7. The number of nitrogens with two attached hydrogens (primary N) is 1. The molecule has 6 heteroatoms. The van der Waals surface area contributed by atoms with Crippen molar-refractivity contribution in [3.05, 3.63) is 24.0 Å². The molecule has 0 radical (unpaired) electrons. The highest BCUT2D eigenvalue weighted by Gasteiger charge is 2.01. The molecule has 0 unspecified atom stereocenters. The van der Waals surface area contributed by atoms with Gasteiger partial charge in [0.05, 0.1) is 5.75 Å². The summed E-state index contributed by atoms with van der Waals surface area (Å²) in [5, 5.41) is 7.93. The zero-order chi connectivity index (χ0) is 12.0. The number of aryl methyl sites for hydroxylation is 1. The third-order valence-electron chi connectivity index (χ3n) is 2.19. The van der Waals surface area contributed by atoms with E-state index in [0.717, 1.165) is 18.5 Å². The van der Waals surface area contributed by atoms with Gasteiger partial charge in [-0.15, -0.1) is 0 Å². The van der Waals surface area contributed by atoms with Crippen LogP contribution in [0.1, 0.15) is 18.9 Å². The maximum atomic E-state index is 10.7. The molecule has 0 saturated heterocycles. The second-order valence-corrected chi connectivity index (χ2v) is 5.54. The summed E-state index contributed by atoms with van der Waals surface area (Å²) in [6.07, 6.45) is 5.20. The van der Waals surface area contributed by atoms with Crippen LogP contribution in [0.3, 0.4) is 0 Å². The minimum atomic E-state index is -3.35. The van der Waals surface area contributed by atoms with Crippen molar-refractivity contribution in [2.75, 3.05) is 12.3 Å². The third-order valence-corrected chi connectivity index (χ3v) is 2.96. The Morgan fingerprint density at radius 3 is 2.88 bits per heavy atom. The van der Waals surface area contributed by atoms with Crippen molar-refractivity contribution < 1.29 is 8.42 Å². The van der Waals surface area contributed by atoms with Crippen LogP contribution in [0.4, 0.5) is 0 Å². The largest absolute Gasteiger partial charge is 0.354 e. The van der Waals surface area contributed by atoms with Crippen molar-refractivity contribution in [3.8, 4) is 0 Å². The summed E-state index contributed by atoms with van der Waals surface area (Å²) in [4.78, 5) is 0. The first-order chi connectivity index (χ1) is 7.51. The monoisotopic (exact) mass is 245 g/mol. The van der Waals surface area contributed by atoms with Gasteiger partial charge in [-0.1, -0.05) is 6.92 Å². The number of aromatic nitrogens is 1. The fraction of sp³-hybridized carbons (Fsp3) is 0.600. The zero-order valence-corrected chi connectivity index (χ0v) is 10.3. The Morgan fingerprint density at radius 1 is 1.50 bits per heavy atom. The first kappa shape index (κ1) is 13.2. The molecule has 0 bridgehead atoms. The zero-order valence-electron chi connectivity index (χ0n) is 9.52. The molecule has 1 rings (SSSR count). The van der Waals surface area contributed by atoms with Crippen LogP contribution in [0.25, 0.3) is 0 Å². The van der Waals surface area contributed by atoms with Crippen LogP contribution in [-0.2, 0) is 23.1 Å². The number of primary sulfonamides is 1. The van der Waals surface area contributed by atoms with Gasteiger partial charge in [-0.25, -0.2) is 13.6 Å². The van der Waals surface area contributed by atoms with Crippen LogP contribution in [0.15, 0.2) is 18.5 Å². The molecule has 1 aromatic heterocycles. The average molecular weight is 245 g/mol. The molecule has 0 aliphatic carbocycles. The van der Waals surface area contributed by atoms with Crippen molar-refractivity contribution in [1.82, 2.24) is 9.88 Å². The standard InChI is InChI=1S/C10H19N3O2S/c1-2-5-13-6-3-10(9-13)8-12-4-7-16(11,14)15/h3,6,9,12H,2,4-5,7-8H2,1H3,(H2,11,14,15). The van der Waals surface area contributed by atoms with Gasteiger partial charge in [0.25, 0.3) is 0 Å². The Bertz CT molecular complexity index is 411. The van der Waals surface area contributed by atoms with Crippen molar-refractivity contribution in [2.24, 2.45) is 5.14 Å². The SMILES string of the molecule is CCCn1ccc(CNCCS(N)(=O)=O)c1. The quantitative estimate of drug-likeness (QED) is 0.677. The van der Waals surface area contributed by atoms with E-state index in [2.05, 4.69) is 23.0 Å². The highest BCUT2D eigenvalue weighted by molar-refractivity contribution is 7.89. The van der Waals surface area contributed by atoms with Gasteiger partial charge in [-0.05, 0) is 18.1 Å². The van der Waals surface area contributed by atoms with Gasteiger partial charge < -0.3 is 9.88 Å². The summed E-state index contributed by atoms with van der Waals surface area (Å²) in [5.41, 5.74) is 1.16. The molecule has 92 valence electrons. The Kier molecular flexibility index (Phi) is 4.98. The van der Waals surface area contributed by atoms with Crippen LogP contribution >= 0.6 is 0 Å². The number of rotatable bonds is 7. The number of hydrogen-bond acceptors (Lipinski definition) is 3. The third kappa shape index (κ3) is 5.29. The van der Waals surface area contributed by atoms with Crippen molar-refractivity contribution in [1.29, 1.82) is 0 Å². The lowest BCUT2D eigenvalue weighted by Gasteiger charge is -2.02. The fourth-order valence-corrected chi connectivity index (χ4v) is 1.87. The van der Waals surface area contributed by atoms with E-state index in [0.29, 0.717) is 13.1 Å². The molecule has 0 amide bonds. The van der Waals surface area contributed by atoms with E-state index in [1.165, 1.54) is 0 Å². The van der Waals surface area contributed by atoms with Crippen LogP contribution in [0, 0.1) is 0 Å². The molecular weight excluding hydrogens is 226 g/mol. The Labute approximate surface area is 96.7 Å². The summed E-state index contributed by atoms with van der Waals surface area (Å²) in [6.45, 7) is 4.20. The van der Waals surface area contributed by atoms with E-state index >= 15 is 0 Å². The Morgan fingerprint density at radius 2 is 2.25 bits per heavy atom. The number of sulfonamides is 1. The first-order valence-corrected chi connectivity index (χ1v) is 7.08. The summed E-state index contributed by atoms with van der Waals surface area (Å²) < 4.78 is 23.5. The Hall–Kier alpha value is -0.850. The van der Waals surface area contributed by atoms with Gasteiger partial charge in [0.2, 0.25) is 10.0 Å². The summed E-state index contributed by atoms with van der Waals surface area (Å²) >= 11 is 0. The molecule has 5 nitrogen and oxygen atoms in total. The van der Waals surface area contributed by atoms with Crippen LogP contribution in [-0.4, -0.2) is 25.3 Å². The fourth-order valence-electron chi connectivity index (χ4n) is 1.44.